The van der Waals surface area contributed by atoms with Gasteiger partial charge in [0.25, 0.3) is 5.91 Å². The number of furan rings is 1. The van der Waals surface area contributed by atoms with Gasteiger partial charge in [0.1, 0.15) is 5.58 Å². The quantitative estimate of drug-likeness (QED) is 0.889. The zero-order chi connectivity index (χ0) is 15.6. The van der Waals surface area contributed by atoms with Gasteiger partial charge >= 0.3 is 0 Å². The Bertz CT molecular complexity index is 658. The van der Waals surface area contributed by atoms with Gasteiger partial charge in [-0.3, -0.25) is 4.79 Å². The van der Waals surface area contributed by atoms with Crippen molar-refractivity contribution in [1.29, 1.82) is 0 Å². The highest BCUT2D eigenvalue weighted by Gasteiger charge is 2.20. The fourth-order valence-corrected chi connectivity index (χ4v) is 2.56. The Morgan fingerprint density at radius 2 is 1.95 bits per heavy atom. The van der Waals surface area contributed by atoms with E-state index in [4.69, 9.17) is 9.52 Å². The molecule has 1 heterocycles. The van der Waals surface area contributed by atoms with Crippen LogP contribution in [0.4, 0.5) is 0 Å². The van der Waals surface area contributed by atoms with Crippen LogP contribution in [0.25, 0.3) is 11.0 Å². The maximum atomic E-state index is 12.3. The Hall–Kier alpha value is -1.81. The number of aryl methyl sites for hydroxylation is 3. The van der Waals surface area contributed by atoms with Gasteiger partial charge in [0.15, 0.2) is 5.76 Å². The fourth-order valence-electron chi connectivity index (χ4n) is 2.56. The van der Waals surface area contributed by atoms with Crippen molar-refractivity contribution >= 4 is 16.9 Å². The Morgan fingerprint density at radius 1 is 1.29 bits per heavy atom. The lowest BCUT2D eigenvalue weighted by molar-refractivity contribution is 0.0919. The minimum atomic E-state index is -0.188. The van der Waals surface area contributed by atoms with E-state index in [0.717, 1.165) is 27.7 Å². The summed E-state index contributed by atoms with van der Waals surface area (Å²) in [5.41, 5.74) is 3.83. The molecule has 0 saturated heterocycles. The van der Waals surface area contributed by atoms with Crippen molar-refractivity contribution in [3.05, 3.63) is 34.6 Å². The maximum absolute atomic E-state index is 12.3. The summed E-state index contributed by atoms with van der Waals surface area (Å²) in [5.74, 6) is 0.443. The van der Waals surface area contributed by atoms with Crippen molar-refractivity contribution in [1.82, 2.24) is 5.32 Å². The lowest BCUT2D eigenvalue weighted by Crippen LogP contribution is -2.28. The molecule has 0 aliphatic carbocycles. The zero-order valence-electron chi connectivity index (χ0n) is 13.1. The lowest BCUT2D eigenvalue weighted by atomic mass is 10.0. The molecular weight excluding hydrogens is 266 g/mol. The van der Waals surface area contributed by atoms with E-state index in [2.05, 4.69) is 5.32 Å². The third-order valence-corrected chi connectivity index (χ3v) is 3.92. The van der Waals surface area contributed by atoms with Crippen LogP contribution < -0.4 is 5.32 Å². The van der Waals surface area contributed by atoms with Crippen LogP contribution in [0.5, 0.6) is 0 Å². The van der Waals surface area contributed by atoms with E-state index in [-0.39, 0.29) is 18.4 Å². The molecule has 2 N–H and O–H groups in total. The molecule has 1 atom stereocenters. The summed E-state index contributed by atoms with van der Waals surface area (Å²) < 4.78 is 5.80. The number of rotatable bonds is 5. The number of fused-ring (bicyclic) bond motifs is 1. The van der Waals surface area contributed by atoms with Crippen LogP contribution >= 0.6 is 0 Å². The third kappa shape index (κ3) is 3.10. The van der Waals surface area contributed by atoms with E-state index >= 15 is 0 Å². The summed E-state index contributed by atoms with van der Waals surface area (Å²) in [4.78, 5) is 12.3. The average molecular weight is 289 g/mol. The largest absolute Gasteiger partial charge is 0.450 e. The SMILES string of the molecule is Cc1ccc(C)c2c(C)c(C(=O)NCC(C)CCO)oc12. The number of benzene rings is 1. The van der Waals surface area contributed by atoms with Crippen LogP contribution in [0.15, 0.2) is 16.5 Å². The maximum Gasteiger partial charge on any atom is 0.287 e. The number of hydrogen-bond acceptors (Lipinski definition) is 3. The molecule has 0 radical (unpaired) electrons. The molecule has 2 rings (SSSR count). The second-order valence-corrected chi connectivity index (χ2v) is 5.79. The van der Waals surface area contributed by atoms with E-state index in [1.54, 1.807) is 0 Å². The van der Waals surface area contributed by atoms with Gasteiger partial charge in [0, 0.05) is 24.1 Å². The van der Waals surface area contributed by atoms with Crippen molar-refractivity contribution in [2.45, 2.75) is 34.1 Å². The minimum Gasteiger partial charge on any atom is -0.450 e. The van der Waals surface area contributed by atoms with Gasteiger partial charge < -0.3 is 14.8 Å². The number of aliphatic hydroxyl groups excluding tert-OH is 1. The van der Waals surface area contributed by atoms with E-state index in [1.807, 2.05) is 39.8 Å². The second-order valence-electron chi connectivity index (χ2n) is 5.79. The third-order valence-electron chi connectivity index (χ3n) is 3.92. The molecule has 0 aliphatic heterocycles. The normalized spacial score (nSPS) is 12.6. The first-order chi connectivity index (χ1) is 9.95. The zero-order valence-corrected chi connectivity index (χ0v) is 13.1. The van der Waals surface area contributed by atoms with Gasteiger partial charge in [-0.25, -0.2) is 0 Å². The summed E-state index contributed by atoms with van der Waals surface area (Å²) in [6.07, 6.45) is 0.678. The molecule has 114 valence electrons. The van der Waals surface area contributed by atoms with Crippen molar-refractivity contribution in [3.63, 3.8) is 0 Å². The van der Waals surface area contributed by atoms with Crippen LogP contribution in [0.3, 0.4) is 0 Å². The molecule has 4 nitrogen and oxygen atoms in total. The minimum absolute atomic E-state index is 0.138. The predicted molar refractivity (Wildman–Crippen MR) is 83.6 cm³/mol. The lowest BCUT2D eigenvalue weighted by Gasteiger charge is -2.10. The summed E-state index contributed by atoms with van der Waals surface area (Å²) in [6, 6.07) is 4.05. The number of hydrogen-bond donors (Lipinski definition) is 2. The Kier molecular flexibility index (Phi) is 4.68. The highest BCUT2D eigenvalue weighted by Crippen LogP contribution is 2.30. The van der Waals surface area contributed by atoms with Crippen LogP contribution in [-0.4, -0.2) is 24.2 Å². The van der Waals surface area contributed by atoms with Gasteiger partial charge in [-0.15, -0.1) is 0 Å². The van der Waals surface area contributed by atoms with Crippen molar-refractivity contribution in [2.24, 2.45) is 5.92 Å². The highest BCUT2D eigenvalue weighted by molar-refractivity contribution is 6.00. The fraction of sp³-hybridized carbons (Fsp3) is 0.471. The van der Waals surface area contributed by atoms with Crippen LogP contribution in [0.2, 0.25) is 0 Å². The molecule has 2 aromatic rings. The smallest absolute Gasteiger partial charge is 0.287 e. The molecule has 0 saturated carbocycles. The molecule has 1 aromatic carbocycles. The van der Waals surface area contributed by atoms with Gasteiger partial charge in [-0.1, -0.05) is 19.1 Å². The summed E-state index contributed by atoms with van der Waals surface area (Å²) in [7, 11) is 0. The van der Waals surface area contributed by atoms with E-state index in [0.29, 0.717) is 18.7 Å². The Labute approximate surface area is 125 Å². The standard InChI is InChI=1S/C17H23NO3/c1-10(7-8-19)9-18-17(20)16-13(4)14-11(2)5-6-12(3)15(14)21-16/h5-6,10,19H,7-9H2,1-4H3,(H,18,20). The summed E-state index contributed by atoms with van der Waals surface area (Å²) in [5, 5.41) is 12.8. The van der Waals surface area contributed by atoms with Gasteiger partial charge in [0.2, 0.25) is 0 Å². The van der Waals surface area contributed by atoms with Gasteiger partial charge in [0.05, 0.1) is 0 Å². The van der Waals surface area contributed by atoms with E-state index < -0.39 is 0 Å². The Balaban J connectivity index is 2.26. The van der Waals surface area contributed by atoms with Crippen LogP contribution in [0, 0.1) is 26.7 Å². The monoisotopic (exact) mass is 289 g/mol. The van der Waals surface area contributed by atoms with Crippen molar-refractivity contribution in [2.75, 3.05) is 13.2 Å². The number of aliphatic hydroxyl groups is 1. The number of nitrogens with one attached hydrogen (secondary N) is 1. The average Bonchev–Trinajstić information content (AvgIpc) is 2.80. The molecule has 4 heteroatoms. The Morgan fingerprint density at radius 3 is 2.57 bits per heavy atom. The molecule has 1 unspecified atom stereocenters. The highest BCUT2D eigenvalue weighted by atomic mass is 16.3. The predicted octanol–water partition coefficient (Wildman–Crippen LogP) is 3.11. The molecule has 0 bridgehead atoms. The topological polar surface area (TPSA) is 62.5 Å². The number of carbonyl (C=O) groups excluding carboxylic acids is 1. The van der Waals surface area contributed by atoms with E-state index in [1.165, 1.54) is 0 Å². The molecule has 21 heavy (non-hydrogen) atoms. The molecule has 0 fully saturated rings. The first-order valence-electron chi connectivity index (χ1n) is 7.34. The number of carbonyl (C=O) groups is 1. The van der Waals surface area contributed by atoms with Gasteiger partial charge in [-0.05, 0) is 44.2 Å². The summed E-state index contributed by atoms with van der Waals surface area (Å²) >= 11 is 0. The molecular formula is C17H23NO3. The van der Waals surface area contributed by atoms with Crippen LogP contribution in [-0.2, 0) is 0 Å². The number of amides is 1. The van der Waals surface area contributed by atoms with E-state index in [9.17, 15) is 4.79 Å². The summed E-state index contributed by atoms with van der Waals surface area (Å²) in [6.45, 7) is 8.60. The molecule has 0 aliphatic rings. The first kappa shape index (κ1) is 15.6. The molecule has 0 spiro atoms. The van der Waals surface area contributed by atoms with Gasteiger partial charge in [-0.2, -0.15) is 0 Å². The van der Waals surface area contributed by atoms with Crippen LogP contribution in [0.1, 0.15) is 40.6 Å². The second kappa shape index (κ2) is 6.31. The molecule has 1 aromatic heterocycles. The van der Waals surface area contributed by atoms with Crippen molar-refractivity contribution < 1.29 is 14.3 Å². The molecule has 1 amide bonds. The first-order valence-corrected chi connectivity index (χ1v) is 7.34. The van der Waals surface area contributed by atoms with Crippen molar-refractivity contribution in [3.8, 4) is 0 Å².